The minimum atomic E-state index is 0.111. The molecule has 2 rings (SSSR count). The maximum absolute atomic E-state index is 12.3. The van der Waals surface area contributed by atoms with Crippen molar-refractivity contribution in [2.75, 3.05) is 32.7 Å². The Kier molecular flexibility index (Phi) is 4.84. The molecule has 20 heavy (non-hydrogen) atoms. The summed E-state index contributed by atoms with van der Waals surface area (Å²) in [6.07, 6.45) is 0. The number of rotatable bonds is 3. The van der Waals surface area contributed by atoms with Gasteiger partial charge in [-0.15, -0.1) is 0 Å². The van der Waals surface area contributed by atoms with Gasteiger partial charge in [0.25, 0.3) is 0 Å². The van der Waals surface area contributed by atoms with E-state index in [9.17, 15) is 4.79 Å². The fourth-order valence-corrected chi connectivity index (χ4v) is 2.79. The van der Waals surface area contributed by atoms with Crippen LogP contribution in [0.15, 0.2) is 24.3 Å². The van der Waals surface area contributed by atoms with Gasteiger partial charge in [0.15, 0.2) is 5.78 Å². The van der Waals surface area contributed by atoms with Gasteiger partial charge in [0, 0.05) is 37.3 Å². The first kappa shape index (κ1) is 15.5. The molecule has 1 aliphatic rings. The lowest BCUT2D eigenvalue weighted by Gasteiger charge is -2.42. The molecule has 1 fully saturated rings. The zero-order chi connectivity index (χ0) is 14.8. The lowest BCUT2D eigenvalue weighted by molar-refractivity contribution is 0.0579. The predicted octanol–water partition coefficient (Wildman–Crippen LogP) is 2.94. The van der Waals surface area contributed by atoms with E-state index >= 15 is 0 Å². The normalized spacial score (nSPS) is 18.2. The maximum atomic E-state index is 12.3. The Morgan fingerprint density at radius 1 is 1.15 bits per heavy atom. The number of halogens is 1. The second-order valence-electron chi connectivity index (χ2n) is 6.34. The summed E-state index contributed by atoms with van der Waals surface area (Å²) in [5.41, 5.74) is 0.839. The van der Waals surface area contributed by atoms with E-state index < -0.39 is 0 Å². The highest BCUT2D eigenvalue weighted by Crippen LogP contribution is 2.18. The first-order chi connectivity index (χ1) is 9.38. The predicted molar refractivity (Wildman–Crippen MR) is 83.5 cm³/mol. The highest BCUT2D eigenvalue weighted by molar-refractivity contribution is 6.34. The molecule has 110 valence electrons. The zero-order valence-electron chi connectivity index (χ0n) is 12.5. The van der Waals surface area contributed by atoms with Crippen molar-refractivity contribution in [1.29, 1.82) is 0 Å². The third-order valence-corrected chi connectivity index (χ3v) is 4.19. The Hall–Kier alpha value is -0.900. The van der Waals surface area contributed by atoms with Crippen molar-refractivity contribution in [1.82, 2.24) is 9.80 Å². The Morgan fingerprint density at radius 3 is 2.30 bits per heavy atom. The summed E-state index contributed by atoms with van der Waals surface area (Å²) in [4.78, 5) is 17.0. The fraction of sp³-hybridized carbons (Fsp3) is 0.562. The molecule has 4 heteroatoms. The molecule has 0 N–H and O–H groups in total. The molecule has 0 saturated carbocycles. The molecule has 0 spiro atoms. The lowest BCUT2D eigenvalue weighted by Crippen LogP contribution is -2.54. The molecule has 0 unspecified atom stereocenters. The van der Waals surface area contributed by atoms with E-state index in [4.69, 9.17) is 11.6 Å². The van der Waals surface area contributed by atoms with Crippen LogP contribution in [0.25, 0.3) is 0 Å². The van der Waals surface area contributed by atoms with Crippen LogP contribution >= 0.6 is 11.6 Å². The Balaban J connectivity index is 1.90. The smallest absolute Gasteiger partial charge is 0.178 e. The molecule has 3 nitrogen and oxygen atoms in total. The van der Waals surface area contributed by atoms with Crippen molar-refractivity contribution in [3.63, 3.8) is 0 Å². The molecule has 0 bridgehead atoms. The summed E-state index contributed by atoms with van der Waals surface area (Å²) in [5, 5.41) is 0.547. The van der Waals surface area contributed by atoms with Gasteiger partial charge in [0.2, 0.25) is 0 Å². The molecule has 1 aliphatic heterocycles. The first-order valence-electron chi connectivity index (χ1n) is 7.13. The van der Waals surface area contributed by atoms with Gasteiger partial charge in [-0.05, 0) is 32.9 Å². The molecule has 1 heterocycles. The van der Waals surface area contributed by atoms with Gasteiger partial charge in [0.05, 0.1) is 11.6 Å². The fourth-order valence-electron chi connectivity index (χ4n) is 2.55. The number of carbonyl (C=O) groups is 1. The van der Waals surface area contributed by atoms with Gasteiger partial charge < -0.3 is 0 Å². The highest BCUT2D eigenvalue weighted by atomic mass is 35.5. The molecule has 1 saturated heterocycles. The van der Waals surface area contributed by atoms with Crippen molar-refractivity contribution < 1.29 is 4.79 Å². The summed E-state index contributed by atoms with van der Waals surface area (Å²) >= 11 is 6.07. The van der Waals surface area contributed by atoms with E-state index in [0.29, 0.717) is 17.1 Å². The van der Waals surface area contributed by atoms with Crippen molar-refractivity contribution in [2.24, 2.45) is 0 Å². The number of hydrogen-bond donors (Lipinski definition) is 0. The van der Waals surface area contributed by atoms with Gasteiger partial charge >= 0.3 is 0 Å². The number of nitrogens with zero attached hydrogens (tertiary/aromatic N) is 2. The van der Waals surface area contributed by atoms with Crippen LogP contribution in [0.3, 0.4) is 0 Å². The number of Topliss-reactive ketones (excluding diaryl/α,β-unsaturated/α-hetero) is 1. The van der Waals surface area contributed by atoms with Gasteiger partial charge in [-0.1, -0.05) is 23.7 Å². The third kappa shape index (κ3) is 3.81. The Labute approximate surface area is 126 Å². The SMILES string of the molecule is CC(C)(C)N1CCN(CC(=O)c2ccccc2Cl)CC1. The molecule has 1 aromatic carbocycles. The highest BCUT2D eigenvalue weighted by Gasteiger charge is 2.26. The van der Waals surface area contributed by atoms with Crippen LogP contribution in [0.5, 0.6) is 0 Å². The molecule has 0 atom stereocenters. The van der Waals surface area contributed by atoms with Crippen LogP contribution in [0.2, 0.25) is 5.02 Å². The summed E-state index contributed by atoms with van der Waals surface area (Å²) in [6, 6.07) is 7.28. The summed E-state index contributed by atoms with van der Waals surface area (Å²) < 4.78 is 0. The van der Waals surface area contributed by atoms with Crippen LogP contribution < -0.4 is 0 Å². The second kappa shape index (κ2) is 6.25. The van der Waals surface area contributed by atoms with Crippen molar-refractivity contribution in [3.05, 3.63) is 34.9 Å². The zero-order valence-corrected chi connectivity index (χ0v) is 13.3. The van der Waals surface area contributed by atoms with Crippen LogP contribution in [0, 0.1) is 0 Å². The van der Waals surface area contributed by atoms with Gasteiger partial charge in [-0.25, -0.2) is 0 Å². The molecule has 0 aliphatic carbocycles. The summed E-state index contributed by atoms with van der Waals surface area (Å²) in [7, 11) is 0. The molecular weight excluding hydrogens is 272 g/mol. The average molecular weight is 295 g/mol. The Bertz CT molecular complexity index is 474. The van der Waals surface area contributed by atoms with Crippen molar-refractivity contribution >= 4 is 17.4 Å². The van der Waals surface area contributed by atoms with Gasteiger partial charge in [0.1, 0.15) is 0 Å². The largest absolute Gasteiger partial charge is 0.296 e. The standard InChI is InChI=1S/C16H23ClN2O/c1-16(2,3)19-10-8-18(9-11-19)12-15(20)13-6-4-5-7-14(13)17/h4-7H,8-12H2,1-3H3. The number of benzene rings is 1. The average Bonchev–Trinajstić information content (AvgIpc) is 2.38. The van der Waals surface area contributed by atoms with E-state index in [2.05, 4.69) is 30.6 Å². The quantitative estimate of drug-likeness (QED) is 0.801. The van der Waals surface area contributed by atoms with E-state index in [0.717, 1.165) is 26.2 Å². The molecule has 1 aromatic rings. The van der Waals surface area contributed by atoms with Crippen LogP contribution in [0.4, 0.5) is 0 Å². The number of hydrogen-bond acceptors (Lipinski definition) is 3. The Morgan fingerprint density at radius 2 is 1.75 bits per heavy atom. The summed E-state index contributed by atoms with van der Waals surface area (Å²) in [5.74, 6) is 0.111. The first-order valence-corrected chi connectivity index (χ1v) is 7.51. The molecule has 0 aromatic heterocycles. The minimum absolute atomic E-state index is 0.111. The topological polar surface area (TPSA) is 23.6 Å². The van der Waals surface area contributed by atoms with Crippen LogP contribution in [0.1, 0.15) is 31.1 Å². The number of carbonyl (C=O) groups excluding carboxylic acids is 1. The maximum Gasteiger partial charge on any atom is 0.178 e. The summed E-state index contributed by atoms with van der Waals surface area (Å²) in [6.45, 7) is 11.1. The van der Waals surface area contributed by atoms with Gasteiger partial charge in [-0.2, -0.15) is 0 Å². The molecule has 0 radical (unpaired) electrons. The van der Waals surface area contributed by atoms with E-state index in [1.807, 2.05) is 12.1 Å². The molecule has 0 amide bonds. The monoisotopic (exact) mass is 294 g/mol. The van der Waals surface area contributed by atoms with Crippen LogP contribution in [-0.2, 0) is 0 Å². The third-order valence-electron chi connectivity index (χ3n) is 3.86. The molecular formula is C16H23ClN2O. The van der Waals surface area contributed by atoms with E-state index in [-0.39, 0.29) is 11.3 Å². The second-order valence-corrected chi connectivity index (χ2v) is 6.74. The van der Waals surface area contributed by atoms with E-state index in [1.165, 1.54) is 0 Å². The number of ketones is 1. The minimum Gasteiger partial charge on any atom is -0.296 e. The van der Waals surface area contributed by atoms with Crippen LogP contribution in [-0.4, -0.2) is 53.8 Å². The van der Waals surface area contributed by atoms with Crippen molar-refractivity contribution in [3.8, 4) is 0 Å². The van der Waals surface area contributed by atoms with Gasteiger partial charge in [-0.3, -0.25) is 14.6 Å². The lowest BCUT2D eigenvalue weighted by atomic mass is 10.0. The van der Waals surface area contributed by atoms with E-state index in [1.54, 1.807) is 12.1 Å². The van der Waals surface area contributed by atoms with Crippen molar-refractivity contribution in [2.45, 2.75) is 26.3 Å². The number of piperazine rings is 1.